The van der Waals surface area contributed by atoms with Gasteiger partial charge < -0.3 is 8.98 Å². The number of hydrogen-bond acceptors (Lipinski definition) is 4. The Morgan fingerprint density at radius 2 is 0.919 bits per heavy atom. The monoisotopic (exact) mass is 790 g/mol. The molecular weight excluding hydrogens is 757 g/mol. The van der Waals surface area contributed by atoms with E-state index >= 15 is 0 Å². The van der Waals surface area contributed by atoms with Crippen molar-refractivity contribution in [1.29, 1.82) is 0 Å². The van der Waals surface area contributed by atoms with Crippen molar-refractivity contribution in [3.63, 3.8) is 0 Å². The molecule has 3 heterocycles. The molecule has 5 heteroatoms. The molecule has 0 amide bonds. The van der Waals surface area contributed by atoms with E-state index in [2.05, 4.69) is 205 Å². The summed E-state index contributed by atoms with van der Waals surface area (Å²) in [5, 5.41) is 11.2. The Bertz CT molecular complexity index is 3920. The number of rotatable bonds is 5. The summed E-state index contributed by atoms with van der Waals surface area (Å²) in [4.78, 5) is 16.0. The molecule has 0 saturated carbocycles. The van der Waals surface area contributed by atoms with E-state index in [4.69, 9.17) is 19.4 Å². The highest BCUT2D eigenvalue weighted by molar-refractivity contribution is 6.21. The second-order valence-corrected chi connectivity index (χ2v) is 16.0. The normalized spacial score (nSPS) is 11.9. The second kappa shape index (κ2) is 13.6. The smallest absolute Gasteiger partial charge is 0.166 e. The van der Waals surface area contributed by atoms with Crippen molar-refractivity contribution in [2.45, 2.75) is 0 Å². The first-order valence-corrected chi connectivity index (χ1v) is 20.9. The Balaban J connectivity index is 1.14. The van der Waals surface area contributed by atoms with Crippen LogP contribution in [0.4, 0.5) is 0 Å². The van der Waals surface area contributed by atoms with Gasteiger partial charge in [-0.05, 0) is 80.5 Å². The largest absolute Gasteiger partial charge is 0.455 e. The second-order valence-electron chi connectivity index (χ2n) is 16.0. The minimum atomic E-state index is 0.573. The number of aromatic nitrogens is 4. The summed E-state index contributed by atoms with van der Waals surface area (Å²) >= 11 is 0. The quantitative estimate of drug-likeness (QED) is 0.174. The van der Waals surface area contributed by atoms with Gasteiger partial charge in [0, 0.05) is 38.2 Å². The number of furan rings is 1. The molecule has 0 atom stereocenters. The molecule has 62 heavy (non-hydrogen) atoms. The van der Waals surface area contributed by atoms with Crippen LogP contribution in [0.15, 0.2) is 211 Å². The van der Waals surface area contributed by atoms with Crippen molar-refractivity contribution in [3.8, 4) is 51.0 Å². The average Bonchev–Trinajstić information content (AvgIpc) is 3.89. The maximum atomic E-state index is 6.90. The van der Waals surface area contributed by atoms with E-state index in [0.29, 0.717) is 17.5 Å². The molecule has 0 aliphatic heterocycles. The molecule has 3 aromatic heterocycles. The van der Waals surface area contributed by atoms with Crippen molar-refractivity contribution in [2.75, 3.05) is 0 Å². The molecule has 0 radical (unpaired) electrons. The van der Waals surface area contributed by atoms with Crippen LogP contribution >= 0.6 is 0 Å². The van der Waals surface area contributed by atoms with E-state index in [1.165, 1.54) is 21.5 Å². The topological polar surface area (TPSA) is 56.7 Å². The van der Waals surface area contributed by atoms with Crippen molar-refractivity contribution >= 4 is 76.1 Å². The van der Waals surface area contributed by atoms with E-state index in [1.54, 1.807) is 0 Å². The van der Waals surface area contributed by atoms with Crippen LogP contribution in [-0.2, 0) is 0 Å². The van der Waals surface area contributed by atoms with Gasteiger partial charge in [-0.25, -0.2) is 15.0 Å². The van der Waals surface area contributed by atoms with Gasteiger partial charge in [0.2, 0.25) is 0 Å². The van der Waals surface area contributed by atoms with Gasteiger partial charge in [-0.1, -0.05) is 164 Å². The number of fused-ring (bicyclic) bond motifs is 10. The van der Waals surface area contributed by atoms with Gasteiger partial charge in [0.05, 0.1) is 22.1 Å². The lowest BCUT2D eigenvalue weighted by Gasteiger charge is -2.16. The summed E-state index contributed by atoms with van der Waals surface area (Å²) in [6.07, 6.45) is 0. The maximum absolute atomic E-state index is 6.90. The highest BCUT2D eigenvalue weighted by Crippen LogP contribution is 2.45. The van der Waals surface area contributed by atoms with Gasteiger partial charge in [0.25, 0.3) is 0 Å². The third-order valence-corrected chi connectivity index (χ3v) is 12.4. The molecule has 10 aromatic carbocycles. The van der Waals surface area contributed by atoms with E-state index < -0.39 is 0 Å². The first-order valence-electron chi connectivity index (χ1n) is 20.9. The van der Waals surface area contributed by atoms with Gasteiger partial charge >= 0.3 is 0 Å². The van der Waals surface area contributed by atoms with Crippen LogP contribution in [0, 0.1) is 0 Å². The van der Waals surface area contributed by atoms with Gasteiger partial charge in [-0.15, -0.1) is 0 Å². The minimum Gasteiger partial charge on any atom is -0.455 e. The molecule has 0 unspecified atom stereocenters. The van der Waals surface area contributed by atoms with Crippen LogP contribution in [0.1, 0.15) is 0 Å². The average molecular weight is 791 g/mol. The predicted molar refractivity (Wildman–Crippen MR) is 256 cm³/mol. The Hall–Kier alpha value is -8.41. The standard InChI is InChI=1S/C57H34N4O/c1-2-12-35(13-3-1)37-22-25-39(26-23-37)55-58-56(43-27-24-36-14-4-5-16-40(36)32-43)60-57(59-55)47-30-31-51-52(46-29-28-38-15-8-9-19-44(38)54(46)62-51)53(47)61-49-21-11-10-20-45(49)48-33-41-17-6-7-18-42(41)34-50(48)61/h1-34H. The SMILES string of the molecule is c1ccc(-c2ccc(-c3nc(-c4ccc5ccccc5c4)nc(-c4ccc5oc6c7ccccc7ccc6c5c4-n4c5ccccc5c5cc6ccccc6cc54)n3)cc2)cc1. The zero-order valence-corrected chi connectivity index (χ0v) is 33.3. The van der Waals surface area contributed by atoms with Gasteiger partial charge in [-0.2, -0.15) is 0 Å². The first kappa shape index (κ1) is 34.5. The number of nitrogens with zero attached hydrogens (tertiary/aromatic N) is 4. The fourth-order valence-electron chi connectivity index (χ4n) is 9.41. The molecular formula is C57H34N4O. The van der Waals surface area contributed by atoms with E-state index in [1.807, 2.05) is 6.07 Å². The van der Waals surface area contributed by atoms with E-state index in [9.17, 15) is 0 Å². The fourth-order valence-corrected chi connectivity index (χ4v) is 9.41. The molecule has 0 fully saturated rings. The van der Waals surface area contributed by atoms with E-state index in [0.717, 1.165) is 88.0 Å². The lowest BCUT2D eigenvalue weighted by Crippen LogP contribution is -2.04. The molecule has 0 aliphatic rings. The highest BCUT2D eigenvalue weighted by atomic mass is 16.3. The molecule has 0 N–H and O–H groups in total. The van der Waals surface area contributed by atoms with Gasteiger partial charge in [0.15, 0.2) is 17.5 Å². The molecule has 13 aromatic rings. The van der Waals surface area contributed by atoms with Crippen molar-refractivity contribution < 1.29 is 4.42 Å². The predicted octanol–water partition coefficient (Wildman–Crippen LogP) is 15.0. The van der Waals surface area contributed by atoms with Crippen LogP contribution in [0.25, 0.3) is 127 Å². The Morgan fingerprint density at radius 3 is 1.73 bits per heavy atom. The van der Waals surface area contributed by atoms with E-state index in [-0.39, 0.29) is 0 Å². The third-order valence-electron chi connectivity index (χ3n) is 12.4. The summed E-state index contributed by atoms with van der Waals surface area (Å²) in [5.74, 6) is 1.77. The fraction of sp³-hybridized carbons (Fsp3) is 0. The summed E-state index contributed by atoms with van der Waals surface area (Å²) in [7, 11) is 0. The summed E-state index contributed by atoms with van der Waals surface area (Å²) in [6, 6.07) is 72.7. The summed E-state index contributed by atoms with van der Waals surface area (Å²) in [5.41, 5.74) is 9.76. The molecule has 0 spiro atoms. The summed E-state index contributed by atoms with van der Waals surface area (Å²) < 4.78 is 9.31. The summed E-state index contributed by atoms with van der Waals surface area (Å²) in [6.45, 7) is 0. The van der Waals surface area contributed by atoms with Crippen molar-refractivity contribution in [3.05, 3.63) is 206 Å². The number of benzene rings is 10. The Kier molecular flexibility index (Phi) is 7.54. The molecule has 0 aliphatic carbocycles. The van der Waals surface area contributed by atoms with Gasteiger partial charge in [-0.3, -0.25) is 0 Å². The molecule has 13 rings (SSSR count). The Morgan fingerprint density at radius 1 is 0.339 bits per heavy atom. The van der Waals surface area contributed by atoms with Crippen molar-refractivity contribution in [2.24, 2.45) is 0 Å². The highest BCUT2D eigenvalue weighted by Gasteiger charge is 2.25. The van der Waals surface area contributed by atoms with Crippen LogP contribution < -0.4 is 0 Å². The number of hydrogen-bond donors (Lipinski definition) is 0. The molecule has 0 bridgehead atoms. The molecule has 0 saturated heterocycles. The maximum Gasteiger partial charge on any atom is 0.166 e. The number of para-hydroxylation sites is 1. The lowest BCUT2D eigenvalue weighted by atomic mass is 10.0. The van der Waals surface area contributed by atoms with Crippen LogP contribution in [0.5, 0.6) is 0 Å². The third kappa shape index (κ3) is 5.38. The minimum absolute atomic E-state index is 0.573. The Labute approximate surface area is 355 Å². The molecule has 5 nitrogen and oxygen atoms in total. The van der Waals surface area contributed by atoms with Crippen LogP contribution in [-0.4, -0.2) is 19.5 Å². The first-order chi connectivity index (χ1) is 30.7. The van der Waals surface area contributed by atoms with Gasteiger partial charge in [0.1, 0.15) is 11.2 Å². The van der Waals surface area contributed by atoms with Crippen LogP contribution in [0.2, 0.25) is 0 Å². The zero-order chi connectivity index (χ0) is 40.7. The van der Waals surface area contributed by atoms with Crippen molar-refractivity contribution in [1.82, 2.24) is 19.5 Å². The zero-order valence-electron chi connectivity index (χ0n) is 33.3. The lowest BCUT2D eigenvalue weighted by molar-refractivity contribution is 0.672. The van der Waals surface area contributed by atoms with Crippen LogP contribution in [0.3, 0.4) is 0 Å². The molecule has 288 valence electrons.